The lowest BCUT2D eigenvalue weighted by Crippen LogP contribution is -2.34. The summed E-state index contributed by atoms with van der Waals surface area (Å²) in [7, 11) is 3.21. The molecule has 10 heteroatoms. The van der Waals surface area contributed by atoms with E-state index in [0.717, 1.165) is 10.5 Å². The molecule has 2 amide bonds. The third-order valence-electron chi connectivity index (χ3n) is 2.85. The average molecular weight is 362 g/mol. The SMILES string of the molecule is CNC(=O)N(C)c1nncs1.FC(F)(F)c1cc2cc(c1)SC2. The third-order valence-corrected chi connectivity index (χ3v) is 4.67. The van der Waals surface area contributed by atoms with E-state index in [0.29, 0.717) is 10.9 Å². The molecule has 0 atom stereocenters. The first kappa shape index (κ1) is 17.5. The number of aromatic nitrogens is 2. The van der Waals surface area contributed by atoms with Crippen LogP contribution in [0.1, 0.15) is 11.1 Å². The van der Waals surface area contributed by atoms with Gasteiger partial charge in [-0.25, -0.2) is 4.79 Å². The topological polar surface area (TPSA) is 58.1 Å². The Kier molecular flexibility index (Phi) is 5.47. The molecule has 0 fully saturated rings. The number of alkyl halides is 3. The molecular formula is C13H13F3N4OS2. The Bertz CT molecular complexity index is 654. The Morgan fingerprint density at radius 2 is 2.09 bits per heavy atom. The fourth-order valence-corrected chi connectivity index (χ4v) is 3.19. The molecule has 0 spiro atoms. The zero-order valence-corrected chi connectivity index (χ0v) is 13.8. The number of thioether (sulfide) groups is 1. The summed E-state index contributed by atoms with van der Waals surface area (Å²) in [5.74, 6) is 0.672. The van der Waals surface area contributed by atoms with Crippen LogP contribution in [0.4, 0.5) is 23.1 Å². The van der Waals surface area contributed by atoms with Crippen molar-refractivity contribution in [1.29, 1.82) is 0 Å². The van der Waals surface area contributed by atoms with E-state index in [1.807, 2.05) is 0 Å². The highest BCUT2D eigenvalue weighted by Gasteiger charge is 2.32. The number of urea groups is 1. The van der Waals surface area contributed by atoms with E-state index in [4.69, 9.17) is 0 Å². The van der Waals surface area contributed by atoms with Crippen LogP contribution in [0.5, 0.6) is 0 Å². The second kappa shape index (κ2) is 7.18. The quantitative estimate of drug-likeness (QED) is 0.842. The number of halogens is 3. The number of benzene rings is 1. The molecule has 2 bridgehead atoms. The number of rotatable bonds is 1. The van der Waals surface area contributed by atoms with E-state index >= 15 is 0 Å². The van der Waals surface area contributed by atoms with Gasteiger partial charge in [0.1, 0.15) is 5.51 Å². The van der Waals surface area contributed by atoms with Crippen LogP contribution >= 0.6 is 23.1 Å². The Balaban J connectivity index is 0.000000168. The van der Waals surface area contributed by atoms with Gasteiger partial charge >= 0.3 is 12.2 Å². The number of carbonyl (C=O) groups excluding carboxylic acids is 1. The minimum absolute atomic E-state index is 0.193. The smallest absolute Gasteiger partial charge is 0.341 e. The van der Waals surface area contributed by atoms with Crippen molar-refractivity contribution in [2.75, 3.05) is 19.0 Å². The Hall–Kier alpha value is -1.81. The summed E-state index contributed by atoms with van der Waals surface area (Å²) < 4.78 is 36.5. The summed E-state index contributed by atoms with van der Waals surface area (Å²) in [6, 6.07) is 4.01. The number of hydrogen-bond donors (Lipinski definition) is 1. The number of carbonyl (C=O) groups is 1. The first-order valence-electron chi connectivity index (χ1n) is 6.37. The van der Waals surface area contributed by atoms with Crippen molar-refractivity contribution in [3.8, 4) is 0 Å². The number of amides is 2. The van der Waals surface area contributed by atoms with E-state index in [1.165, 1.54) is 40.1 Å². The molecule has 124 valence electrons. The molecule has 3 rings (SSSR count). The van der Waals surface area contributed by atoms with Crippen LogP contribution in [0, 0.1) is 0 Å². The molecule has 2 heterocycles. The average Bonchev–Trinajstić information content (AvgIpc) is 3.15. The molecular weight excluding hydrogens is 349 g/mol. The standard InChI is InChI=1S/C8H5F3S.C5H8N4OS/c9-8(10,11)6-1-5-2-7(3-6)12-4-5;1-6-4(10)9(2)5-8-7-3-11-5/h1-3H,4H2;3H,1-2H3,(H,6,10). The van der Waals surface area contributed by atoms with Gasteiger partial charge in [-0.3, -0.25) is 4.90 Å². The van der Waals surface area contributed by atoms with Gasteiger partial charge in [0.05, 0.1) is 5.56 Å². The Morgan fingerprint density at radius 1 is 1.35 bits per heavy atom. The Labute approximate surface area is 138 Å². The molecule has 0 radical (unpaired) electrons. The second-order valence-electron chi connectivity index (χ2n) is 4.49. The number of nitrogens with zero attached hydrogens (tertiary/aromatic N) is 3. The number of fused-ring (bicyclic) bond motifs is 2. The zero-order valence-electron chi connectivity index (χ0n) is 12.2. The highest BCUT2D eigenvalue weighted by atomic mass is 32.2. The molecule has 1 aromatic heterocycles. The van der Waals surface area contributed by atoms with Crippen molar-refractivity contribution in [1.82, 2.24) is 15.5 Å². The summed E-state index contributed by atoms with van der Waals surface area (Å²) in [5.41, 5.74) is 1.82. The first-order valence-corrected chi connectivity index (χ1v) is 8.23. The van der Waals surface area contributed by atoms with Gasteiger partial charge in [0.2, 0.25) is 5.13 Å². The van der Waals surface area contributed by atoms with Gasteiger partial charge in [-0.1, -0.05) is 11.3 Å². The lowest BCUT2D eigenvalue weighted by molar-refractivity contribution is -0.137. The van der Waals surface area contributed by atoms with Gasteiger partial charge in [-0.05, 0) is 23.8 Å². The van der Waals surface area contributed by atoms with Crippen molar-refractivity contribution in [2.24, 2.45) is 0 Å². The number of anilines is 1. The second-order valence-corrected chi connectivity index (χ2v) is 6.35. The third kappa shape index (κ3) is 4.58. The minimum Gasteiger partial charge on any atom is -0.341 e. The Morgan fingerprint density at radius 3 is 2.61 bits per heavy atom. The van der Waals surface area contributed by atoms with Crippen molar-refractivity contribution in [3.05, 3.63) is 34.8 Å². The van der Waals surface area contributed by atoms with Gasteiger partial charge in [0.15, 0.2) is 0 Å². The summed E-state index contributed by atoms with van der Waals surface area (Å²) in [5, 5.41) is 10.4. The molecule has 23 heavy (non-hydrogen) atoms. The van der Waals surface area contributed by atoms with Crippen molar-refractivity contribution < 1.29 is 18.0 Å². The van der Waals surface area contributed by atoms with E-state index in [2.05, 4.69) is 15.5 Å². The normalized spacial score (nSPS) is 12.4. The molecule has 0 saturated carbocycles. The lowest BCUT2D eigenvalue weighted by atomic mass is 10.1. The maximum Gasteiger partial charge on any atom is 0.416 e. The molecule has 1 aliphatic heterocycles. The summed E-state index contributed by atoms with van der Waals surface area (Å²) in [6.07, 6.45) is -4.20. The van der Waals surface area contributed by atoms with Gasteiger partial charge in [-0.2, -0.15) is 13.2 Å². The molecule has 2 aromatic rings. The largest absolute Gasteiger partial charge is 0.416 e. The predicted octanol–water partition coefficient (Wildman–Crippen LogP) is 3.62. The maximum absolute atomic E-state index is 12.2. The fourth-order valence-electron chi connectivity index (χ4n) is 1.73. The van der Waals surface area contributed by atoms with Gasteiger partial charge < -0.3 is 5.32 Å². The summed E-state index contributed by atoms with van der Waals surface area (Å²) in [6.45, 7) is 0. The van der Waals surface area contributed by atoms with Crippen LogP contribution in [-0.4, -0.2) is 30.3 Å². The maximum atomic E-state index is 12.2. The van der Waals surface area contributed by atoms with Gasteiger partial charge in [0.25, 0.3) is 0 Å². The van der Waals surface area contributed by atoms with E-state index in [-0.39, 0.29) is 6.03 Å². The zero-order chi connectivity index (χ0) is 17.0. The molecule has 0 unspecified atom stereocenters. The molecule has 0 saturated heterocycles. The molecule has 1 N–H and O–H groups in total. The van der Waals surface area contributed by atoms with Crippen LogP contribution < -0.4 is 10.2 Å². The van der Waals surface area contributed by atoms with E-state index in [1.54, 1.807) is 25.7 Å². The van der Waals surface area contributed by atoms with Gasteiger partial charge in [0, 0.05) is 24.7 Å². The van der Waals surface area contributed by atoms with E-state index in [9.17, 15) is 18.0 Å². The van der Waals surface area contributed by atoms with Gasteiger partial charge in [-0.15, -0.1) is 22.0 Å². The lowest BCUT2D eigenvalue weighted by Gasteiger charge is -2.10. The van der Waals surface area contributed by atoms with Crippen LogP contribution in [0.15, 0.2) is 28.6 Å². The fraction of sp³-hybridized carbons (Fsp3) is 0.308. The van der Waals surface area contributed by atoms with Crippen molar-refractivity contribution >= 4 is 34.3 Å². The van der Waals surface area contributed by atoms with E-state index < -0.39 is 11.7 Å². The van der Waals surface area contributed by atoms with Crippen molar-refractivity contribution in [2.45, 2.75) is 16.8 Å². The number of hydrogen-bond acceptors (Lipinski definition) is 5. The number of nitrogens with one attached hydrogen (secondary N) is 1. The van der Waals surface area contributed by atoms with Crippen LogP contribution in [0.25, 0.3) is 0 Å². The molecule has 5 nitrogen and oxygen atoms in total. The highest BCUT2D eigenvalue weighted by molar-refractivity contribution is 7.98. The van der Waals surface area contributed by atoms with Crippen LogP contribution in [0.3, 0.4) is 0 Å². The minimum atomic E-state index is -4.20. The van der Waals surface area contributed by atoms with Crippen LogP contribution in [-0.2, 0) is 11.9 Å². The highest BCUT2D eigenvalue weighted by Crippen LogP contribution is 2.38. The van der Waals surface area contributed by atoms with Crippen molar-refractivity contribution in [3.63, 3.8) is 0 Å². The molecule has 1 aliphatic rings. The predicted molar refractivity (Wildman–Crippen MR) is 83.8 cm³/mol. The first-order chi connectivity index (χ1) is 10.8. The summed E-state index contributed by atoms with van der Waals surface area (Å²) >= 11 is 2.77. The summed E-state index contributed by atoms with van der Waals surface area (Å²) in [4.78, 5) is 13.1. The molecule has 0 aliphatic carbocycles. The molecule has 1 aromatic carbocycles. The van der Waals surface area contributed by atoms with Crippen LogP contribution in [0.2, 0.25) is 0 Å². The monoisotopic (exact) mass is 362 g/mol.